The number of allylic oxidation sites excluding steroid dienone is 2. The number of carbonyl (C=O) groups excluding carboxylic acids is 3. The molecular weight excluding hydrogens is 453 g/mol. The van der Waals surface area contributed by atoms with E-state index in [-0.39, 0.29) is 24.5 Å². The molecule has 1 N–H and O–H groups in total. The zero-order valence-corrected chi connectivity index (χ0v) is 20.8. The van der Waals surface area contributed by atoms with Crippen molar-refractivity contribution in [3.63, 3.8) is 0 Å². The van der Waals surface area contributed by atoms with Crippen molar-refractivity contribution in [2.24, 2.45) is 4.99 Å². The normalized spacial score (nSPS) is 19.2. The highest BCUT2D eigenvalue weighted by Gasteiger charge is 2.29. The Hall–Kier alpha value is -3.43. The second-order valence-corrected chi connectivity index (χ2v) is 9.68. The van der Waals surface area contributed by atoms with Crippen molar-refractivity contribution >= 4 is 24.6 Å². The Balaban J connectivity index is 1.78. The molecule has 0 spiro atoms. The standard InChI is InChI=1S/C25H34FN5O4/c1-25(2,3)35-24(34)31-13-11-30(12-14-31)23(29(4)15-16-32)28-21-10-9-20(27-22(21)17-33)18-5-7-19(26)8-6-18/h5-8,16-17,20,27H,9-15H2,1-4H3. The number of nitrogens with one attached hydrogen (secondary N) is 1. The third-order valence-electron chi connectivity index (χ3n) is 5.84. The Kier molecular flexibility index (Phi) is 8.48. The highest BCUT2D eigenvalue weighted by molar-refractivity contribution is 5.84. The first kappa shape index (κ1) is 26.2. The number of aldehydes is 2. The zero-order chi connectivity index (χ0) is 25.6. The Labute approximate surface area is 205 Å². The molecule has 0 aliphatic carbocycles. The van der Waals surface area contributed by atoms with Gasteiger partial charge in [0.1, 0.15) is 17.7 Å². The number of carbonyl (C=O) groups is 3. The molecule has 0 radical (unpaired) electrons. The summed E-state index contributed by atoms with van der Waals surface area (Å²) in [4.78, 5) is 45.7. The number of amides is 1. The summed E-state index contributed by atoms with van der Waals surface area (Å²) in [6.45, 7) is 7.56. The second kappa shape index (κ2) is 11.3. The molecule has 190 valence electrons. The summed E-state index contributed by atoms with van der Waals surface area (Å²) in [7, 11) is 1.77. The molecule has 2 heterocycles. The summed E-state index contributed by atoms with van der Waals surface area (Å²) in [5.74, 6) is 0.257. The molecule has 0 bridgehead atoms. The van der Waals surface area contributed by atoms with E-state index < -0.39 is 5.60 Å². The maximum Gasteiger partial charge on any atom is 0.410 e. The lowest BCUT2D eigenvalue weighted by molar-refractivity contribution is -0.108. The molecule has 0 saturated carbocycles. The predicted octanol–water partition coefficient (Wildman–Crippen LogP) is 2.70. The fraction of sp³-hybridized carbons (Fsp3) is 0.520. The van der Waals surface area contributed by atoms with E-state index in [1.54, 1.807) is 29.0 Å². The molecule has 9 nitrogen and oxygen atoms in total. The van der Waals surface area contributed by atoms with Crippen LogP contribution < -0.4 is 5.32 Å². The Bertz CT molecular complexity index is 979. The summed E-state index contributed by atoms with van der Waals surface area (Å²) in [6.07, 6.45) is 2.40. The maximum atomic E-state index is 13.3. The molecule has 0 aromatic heterocycles. The van der Waals surface area contributed by atoms with Gasteiger partial charge in [-0.1, -0.05) is 12.1 Å². The number of nitrogens with zero attached hydrogens (tertiary/aromatic N) is 4. The first-order chi connectivity index (χ1) is 16.6. The quantitative estimate of drug-likeness (QED) is 0.388. The molecule has 2 aliphatic rings. The minimum Gasteiger partial charge on any atom is -0.444 e. The van der Waals surface area contributed by atoms with Gasteiger partial charge in [-0.3, -0.25) is 4.79 Å². The smallest absolute Gasteiger partial charge is 0.410 e. The van der Waals surface area contributed by atoms with Gasteiger partial charge in [-0.25, -0.2) is 14.2 Å². The van der Waals surface area contributed by atoms with Crippen molar-refractivity contribution in [1.29, 1.82) is 0 Å². The monoisotopic (exact) mass is 487 g/mol. The van der Waals surface area contributed by atoms with E-state index in [1.165, 1.54) is 12.1 Å². The van der Waals surface area contributed by atoms with Crippen LogP contribution in [0.2, 0.25) is 0 Å². The molecule has 1 aromatic carbocycles. The average molecular weight is 488 g/mol. The van der Waals surface area contributed by atoms with Gasteiger partial charge in [0.05, 0.1) is 24.0 Å². The van der Waals surface area contributed by atoms with Crippen molar-refractivity contribution in [1.82, 2.24) is 20.0 Å². The number of hydrogen-bond donors (Lipinski definition) is 1. The summed E-state index contributed by atoms with van der Waals surface area (Å²) in [6, 6.07) is 6.09. The number of ether oxygens (including phenoxy) is 1. The second-order valence-electron chi connectivity index (χ2n) is 9.68. The van der Waals surface area contributed by atoms with Gasteiger partial charge in [-0.05, 0) is 51.3 Å². The molecule has 2 aliphatic heterocycles. The predicted molar refractivity (Wildman–Crippen MR) is 130 cm³/mol. The summed E-state index contributed by atoms with van der Waals surface area (Å²) in [5, 5.41) is 3.22. The maximum absolute atomic E-state index is 13.3. The molecule has 1 saturated heterocycles. The number of halogens is 1. The largest absolute Gasteiger partial charge is 0.444 e. The van der Waals surface area contributed by atoms with E-state index in [4.69, 9.17) is 9.73 Å². The molecule has 1 amide bonds. The SMILES string of the molecule is CN(CC=O)C(=NC1=C(C=O)NC(c2ccc(F)cc2)CC1)N1CCN(C(=O)OC(C)(C)C)CC1. The first-order valence-electron chi connectivity index (χ1n) is 11.8. The van der Waals surface area contributed by atoms with E-state index in [0.717, 1.165) is 18.1 Å². The molecule has 1 aromatic rings. The Morgan fingerprint density at radius 3 is 2.37 bits per heavy atom. The van der Waals surface area contributed by atoms with Crippen LogP contribution in [0.25, 0.3) is 0 Å². The van der Waals surface area contributed by atoms with Crippen molar-refractivity contribution in [2.45, 2.75) is 45.3 Å². The van der Waals surface area contributed by atoms with Crippen LogP contribution in [0.4, 0.5) is 9.18 Å². The summed E-state index contributed by atoms with van der Waals surface area (Å²) >= 11 is 0. The van der Waals surface area contributed by atoms with Gasteiger partial charge in [-0.2, -0.15) is 0 Å². The van der Waals surface area contributed by atoms with Crippen LogP contribution in [0.1, 0.15) is 45.2 Å². The zero-order valence-electron chi connectivity index (χ0n) is 20.8. The van der Waals surface area contributed by atoms with E-state index in [1.807, 2.05) is 25.7 Å². The van der Waals surface area contributed by atoms with Crippen molar-refractivity contribution in [3.8, 4) is 0 Å². The minimum absolute atomic E-state index is 0.122. The number of piperazine rings is 1. The summed E-state index contributed by atoms with van der Waals surface area (Å²) < 4.78 is 18.8. The molecule has 1 unspecified atom stereocenters. The first-order valence-corrected chi connectivity index (χ1v) is 11.8. The highest BCUT2D eigenvalue weighted by atomic mass is 19.1. The van der Waals surface area contributed by atoms with E-state index >= 15 is 0 Å². The highest BCUT2D eigenvalue weighted by Crippen LogP contribution is 2.29. The summed E-state index contributed by atoms with van der Waals surface area (Å²) in [5.41, 5.74) is 1.30. The molecule has 1 fully saturated rings. The fourth-order valence-corrected chi connectivity index (χ4v) is 4.05. The van der Waals surface area contributed by atoms with E-state index in [0.29, 0.717) is 56.4 Å². The fourth-order valence-electron chi connectivity index (χ4n) is 4.05. The Morgan fingerprint density at radius 2 is 1.80 bits per heavy atom. The van der Waals surface area contributed by atoms with Crippen LogP contribution in [0, 0.1) is 5.82 Å². The number of guanidine groups is 1. The van der Waals surface area contributed by atoms with E-state index in [2.05, 4.69) is 5.32 Å². The number of rotatable bonds is 5. The van der Waals surface area contributed by atoms with Crippen LogP contribution >= 0.6 is 0 Å². The number of hydrogen-bond acceptors (Lipinski definition) is 6. The van der Waals surface area contributed by atoms with Crippen molar-refractivity contribution in [2.75, 3.05) is 39.8 Å². The molecule has 3 rings (SSSR count). The number of likely N-dealkylation sites (N-methyl/N-ethyl adjacent to an activating group) is 1. The number of benzene rings is 1. The van der Waals surface area contributed by atoms with Crippen LogP contribution in [0.15, 0.2) is 40.7 Å². The third kappa shape index (κ3) is 7.03. The van der Waals surface area contributed by atoms with Gasteiger partial charge in [0.25, 0.3) is 0 Å². The molecule has 1 atom stereocenters. The number of aliphatic imine (C=N–C) groups is 1. The van der Waals surface area contributed by atoms with Crippen molar-refractivity contribution in [3.05, 3.63) is 47.0 Å². The molecular formula is C25H34FN5O4. The van der Waals surface area contributed by atoms with Crippen LogP contribution in [-0.2, 0) is 14.3 Å². The lowest BCUT2D eigenvalue weighted by Gasteiger charge is -2.39. The van der Waals surface area contributed by atoms with Gasteiger partial charge < -0.3 is 29.5 Å². The van der Waals surface area contributed by atoms with E-state index in [9.17, 15) is 18.8 Å². The van der Waals surface area contributed by atoms with Crippen molar-refractivity contribution < 1.29 is 23.5 Å². The van der Waals surface area contributed by atoms with Crippen LogP contribution in [-0.4, -0.2) is 84.7 Å². The molecule has 10 heteroatoms. The Morgan fingerprint density at radius 1 is 1.17 bits per heavy atom. The van der Waals surface area contributed by atoms with Gasteiger partial charge in [-0.15, -0.1) is 0 Å². The average Bonchev–Trinajstić information content (AvgIpc) is 2.82. The minimum atomic E-state index is -0.567. The lowest BCUT2D eigenvalue weighted by Crippen LogP contribution is -2.55. The topological polar surface area (TPSA) is 94.5 Å². The lowest BCUT2D eigenvalue weighted by atomic mass is 9.97. The third-order valence-corrected chi connectivity index (χ3v) is 5.84. The van der Waals surface area contributed by atoms with Gasteiger partial charge in [0.15, 0.2) is 6.29 Å². The van der Waals surface area contributed by atoms with Crippen LogP contribution in [0.5, 0.6) is 0 Å². The molecule has 35 heavy (non-hydrogen) atoms. The van der Waals surface area contributed by atoms with Gasteiger partial charge in [0, 0.05) is 33.2 Å². The van der Waals surface area contributed by atoms with Gasteiger partial charge in [0.2, 0.25) is 5.96 Å². The van der Waals surface area contributed by atoms with Gasteiger partial charge >= 0.3 is 6.09 Å². The van der Waals surface area contributed by atoms with Crippen LogP contribution in [0.3, 0.4) is 0 Å².